The third-order valence-electron chi connectivity index (χ3n) is 5.29. The Bertz CT molecular complexity index is 221. The maximum atomic E-state index is 3.70. The summed E-state index contributed by atoms with van der Waals surface area (Å²) in [5.41, 5.74) is 0. The molecule has 0 aromatic rings. The molecule has 1 atom stereocenters. The van der Waals surface area contributed by atoms with E-state index in [4.69, 9.17) is 0 Å². The molecule has 2 heteroatoms. The van der Waals surface area contributed by atoms with Crippen molar-refractivity contribution < 1.29 is 0 Å². The van der Waals surface area contributed by atoms with Crippen LogP contribution in [-0.2, 0) is 0 Å². The van der Waals surface area contributed by atoms with Gasteiger partial charge in [-0.15, -0.1) is 0 Å². The van der Waals surface area contributed by atoms with Crippen molar-refractivity contribution in [2.45, 2.75) is 57.4 Å². The van der Waals surface area contributed by atoms with Crippen LogP contribution >= 0.6 is 0 Å². The molecule has 2 aliphatic heterocycles. The number of rotatable bonds is 3. The Hall–Kier alpha value is -0.0800. The zero-order valence-electron chi connectivity index (χ0n) is 11.2. The molecule has 0 bridgehead atoms. The number of nitrogens with zero attached hydrogens (tertiary/aromatic N) is 1. The minimum atomic E-state index is 0.864. The van der Waals surface area contributed by atoms with Gasteiger partial charge in [0.15, 0.2) is 0 Å². The summed E-state index contributed by atoms with van der Waals surface area (Å²) in [5.74, 6) is 2.02. The van der Waals surface area contributed by atoms with Crippen molar-refractivity contribution >= 4 is 0 Å². The second-order valence-corrected chi connectivity index (χ2v) is 6.49. The van der Waals surface area contributed by atoms with E-state index in [1.165, 1.54) is 77.5 Å². The fourth-order valence-corrected chi connectivity index (χ4v) is 4.21. The van der Waals surface area contributed by atoms with Gasteiger partial charge in [0.2, 0.25) is 0 Å². The van der Waals surface area contributed by atoms with E-state index in [9.17, 15) is 0 Å². The van der Waals surface area contributed by atoms with Crippen molar-refractivity contribution in [2.24, 2.45) is 11.8 Å². The van der Waals surface area contributed by atoms with Crippen LogP contribution in [0.2, 0.25) is 0 Å². The predicted octanol–water partition coefficient (Wildman–Crippen LogP) is 2.64. The lowest BCUT2D eigenvalue weighted by molar-refractivity contribution is 0.145. The van der Waals surface area contributed by atoms with Crippen LogP contribution in [0.5, 0.6) is 0 Å². The van der Waals surface area contributed by atoms with Crippen molar-refractivity contribution in [1.29, 1.82) is 0 Å². The molecule has 17 heavy (non-hydrogen) atoms. The van der Waals surface area contributed by atoms with Crippen LogP contribution in [-0.4, -0.2) is 37.1 Å². The molecule has 1 N–H and O–H groups in total. The molecular weight excluding hydrogens is 208 g/mol. The average Bonchev–Trinajstić information content (AvgIpc) is 3.01. The molecule has 0 amide bonds. The molecule has 1 aliphatic carbocycles. The van der Waals surface area contributed by atoms with E-state index in [-0.39, 0.29) is 0 Å². The smallest absolute Gasteiger partial charge is 0.00967 e. The van der Waals surface area contributed by atoms with Gasteiger partial charge in [0, 0.05) is 12.6 Å². The lowest BCUT2D eigenvalue weighted by Gasteiger charge is -2.36. The number of hydrogen-bond acceptors (Lipinski definition) is 2. The Morgan fingerprint density at radius 2 is 1.65 bits per heavy atom. The molecule has 3 rings (SSSR count). The lowest BCUT2D eigenvalue weighted by Crippen LogP contribution is -2.42. The SMILES string of the molecule is C1CCC(CN2CCC(C3CCCN3)CC2)C1. The van der Waals surface area contributed by atoms with Gasteiger partial charge in [-0.05, 0) is 70.0 Å². The first-order valence-corrected chi connectivity index (χ1v) is 7.87. The Morgan fingerprint density at radius 1 is 0.882 bits per heavy atom. The van der Waals surface area contributed by atoms with Crippen molar-refractivity contribution in [3.8, 4) is 0 Å². The van der Waals surface area contributed by atoms with Crippen molar-refractivity contribution in [3.05, 3.63) is 0 Å². The zero-order chi connectivity index (χ0) is 11.5. The van der Waals surface area contributed by atoms with E-state index in [1.54, 1.807) is 0 Å². The summed E-state index contributed by atoms with van der Waals surface area (Å²) in [6.07, 6.45) is 11.7. The zero-order valence-corrected chi connectivity index (χ0v) is 11.2. The molecule has 2 nitrogen and oxygen atoms in total. The van der Waals surface area contributed by atoms with Crippen LogP contribution < -0.4 is 5.32 Å². The minimum Gasteiger partial charge on any atom is -0.314 e. The minimum absolute atomic E-state index is 0.864. The molecule has 0 radical (unpaired) electrons. The Morgan fingerprint density at radius 3 is 2.29 bits per heavy atom. The number of hydrogen-bond donors (Lipinski definition) is 1. The maximum absolute atomic E-state index is 3.70. The number of likely N-dealkylation sites (tertiary alicyclic amines) is 1. The van der Waals surface area contributed by atoms with Crippen LogP contribution in [0.4, 0.5) is 0 Å². The molecule has 98 valence electrons. The Kier molecular flexibility index (Phi) is 4.02. The highest BCUT2D eigenvalue weighted by Gasteiger charge is 2.29. The highest BCUT2D eigenvalue weighted by atomic mass is 15.1. The van der Waals surface area contributed by atoms with Gasteiger partial charge in [-0.1, -0.05) is 12.8 Å². The van der Waals surface area contributed by atoms with Crippen LogP contribution in [0.1, 0.15) is 51.4 Å². The van der Waals surface area contributed by atoms with Crippen LogP contribution in [0.15, 0.2) is 0 Å². The average molecular weight is 236 g/mol. The molecular formula is C15H28N2. The lowest BCUT2D eigenvalue weighted by atomic mass is 9.88. The molecule has 1 unspecified atom stereocenters. The largest absolute Gasteiger partial charge is 0.314 e. The van der Waals surface area contributed by atoms with E-state index >= 15 is 0 Å². The van der Waals surface area contributed by atoms with Gasteiger partial charge < -0.3 is 10.2 Å². The standard InChI is InChI=1S/C15H28N2/c1-2-5-13(4-1)12-17-10-7-14(8-11-17)15-6-3-9-16-15/h13-16H,1-12H2. The van der Waals surface area contributed by atoms with Gasteiger partial charge in [-0.2, -0.15) is 0 Å². The highest BCUT2D eigenvalue weighted by molar-refractivity contribution is 4.86. The topological polar surface area (TPSA) is 15.3 Å². The van der Waals surface area contributed by atoms with Crippen molar-refractivity contribution in [2.75, 3.05) is 26.2 Å². The first-order chi connectivity index (χ1) is 8.42. The quantitative estimate of drug-likeness (QED) is 0.810. The number of piperidine rings is 1. The van der Waals surface area contributed by atoms with Crippen molar-refractivity contribution in [3.63, 3.8) is 0 Å². The molecule has 0 aromatic heterocycles. The Balaban J connectivity index is 1.40. The van der Waals surface area contributed by atoms with E-state index < -0.39 is 0 Å². The van der Waals surface area contributed by atoms with Crippen LogP contribution in [0.3, 0.4) is 0 Å². The Labute approximate surface area is 106 Å². The third kappa shape index (κ3) is 3.03. The summed E-state index contributed by atoms with van der Waals surface area (Å²) < 4.78 is 0. The van der Waals surface area contributed by atoms with Gasteiger partial charge in [0.25, 0.3) is 0 Å². The fraction of sp³-hybridized carbons (Fsp3) is 1.00. The molecule has 0 aromatic carbocycles. The first-order valence-electron chi connectivity index (χ1n) is 7.87. The fourth-order valence-electron chi connectivity index (χ4n) is 4.21. The van der Waals surface area contributed by atoms with Crippen LogP contribution in [0.25, 0.3) is 0 Å². The summed E-state index contributed by atoms with van der Waals surface area (Å²) in [4.78, 5) is 2.75. The van der Waals surface area contributed by atoms with Crippen LogP contribution in [0, 0.1) is 11.8 Å². The monoisotopic (exact) mass is 236 g/mol. The summed E-state index contributed by atoms with van der Waals surface area (Å²) in [6.45, 7) is 5.43. The van der Waals surface area contributed by atoms with E-state index in [1.807, 2.05) is 0 Å². The first kappa shape index (κ1) is 12.0. The highest BCUT2D eigenvalue weighted by Crippen LogP contribution is 2.29. The second-order valence-electron chi connectivity index (χ2n) is 6.49. The number of nitrogens with one attached hydrogen (secondary N) is 1. The third-order valence-corrected chi connectivity index (χ3v) is 5.29. The van der Waals surface area contributed by atoms with Gasteiger partial charge in [0.1, 0.15) is 0 Å². The normalized spacial score (nSPS) is 33.5. The summed E-state index contributed by atoms with van der Waals surface area (Å²) in [7, 11) is 0. The molecule has 3 aliphatic rings. The van der Waals surface area contributed by atoms with Gasteiger partial charge >= 0.3 is 0 Å². The second kappa shape index (κ2) is 5.71. The van der Waals surface area contributed by atoms with Crippen molar-refractivity contribution in [1.82, 2.24) is 10.2 Å². The van der Waals surface area contributed by atoms with E-state index in [2.05, 4.69) is 10.2 Å². The van der Waals surface area contributed by atoms with Gasteiger partial charge in [-0.3, -0.25) is 0 Å². The van der Waals surface area contributed by atoms with Gasteiger partial charge in [-0.25, -0.2) is 0 Å². The maximum Gasteiger partial charge on any atom is 0.00967 e. The molecule has 3 fully saturated rings. The summed E-state index contributed by atoms with van der Waals surface area (Å²) in [5, 5.41) is 3.70. The summed E-state index contributed by atoms with van der Waals surface area (Å²) in [6, 6.07) is 0.864. The summed E-state index contributed by atoms with van der Waals surface area (Å²) >= 11 is 0. The molecule has 2 saturated heterocycles. The van der Waals surface area contributed by atoms with E-state index in [0.717, 1.165) is 17.9 Å². The predicted molar refractivity (Wildman–Crippen MR) is 72.1 cm³/mol. The molecule has 2 heterocycles. The molecule has 0 spiro atoms. The van der Waals surface area contributed by atoms with Gasteiger partial charge in [0.05, 0.1) is 0 Å². The van der Waals surface area contributed by atoms with E-state index in [0.29, 0.717) is 0 Å². The molecule has 1 saturated carbocycles.